The van der Waals surface area contributed by atoms with Crippen LogP contribution in [0.4, 0.5) is 13.2 Å². The minimum atomic E-state index is -4.30. The normalized spacial score (nSPS) is 17.2. The second kappa shape index (κ2) is 5.98. The highest BCUT2D eigenvalue weighted by Gasteiger charge is 2.33. The van der Waals surface area contributed by atoms with Crippen LogP contribution in [0.25, 0.3) is 5.57 Å². The smallest absolute Gasteiger partial charge is 0.359 e. The first-order valence-corrected chi connectivity index (χ1v) is 7.56. The van der Waals surface area contributed by atoms with Gasteiger partial charge in [-0.3, -0.25) is 0 Å². The van der Waals surface area contributed by atoms with Crippen molar-refractivity contribution in [3.05, 3.63) is 44.9 Å². The quantitative estimate of drug-likeness (QED) is 0.476. The number of hydrogen-bond acceptors (Lipinski definition) is 2. The van der Waals surface area contributed by atoms with Gasteiger partial charge in [-0.05, 0) is 60.4 Å². The Morgan fingerprint density at radius 2 is 1.95 bits per heavy atom. The first kappa shape index (κ1) is 16.3. The van der Waals surface area contributed by atoms with Gasteiger partial charge in [-0.2, -0.15) is 13.2 Å². The summed E-state index contributed by atoms with van der Waals surface area (Å²) in [5.41, 5.74) is 1.51. The maximum Gasteiger partial charge on any atom is 0.412 e. The first-order valence-electron chi connectivity index (χ1n) is 6.49. The van der Waals surface area contributed by atoms with Crippen LogP contribution in [-0.2, 0) is 0 Å². The van der Waals surface area contributed by atoms with E-state index in [9.17, 15) is 13.2 Å². The topological polar surface area (TPSA) is 26.0 Å². The second-order valence-electron chi connectivity index (χ2n) is 5.16. The average molecular weight is 409 g/mol. The minimum absolute atomic E-state index is 0.369. The van der Waals surface area contributed by atoms with Crippen LogP contribution in [-0.4, -0.2) is 11.3 Å². The van der Waals surface area contributed by atoms with Gasteiger partial charge in [-0.15, -0.1) is 0 Å². The van der Waals surface area contributed by atoms with E-state index in [1.165, 1.54) is 6.08 Å². The van der Waals surface area contributed by atoms with Crippen molar-refractivity contribution in [3.8, 4) is 0 Å². The summed E-state index contributed by atoms with van der Waals surface area (Å²) in [5, 5.41) is 3.94. The van der Waals surface area contributed by atoms with E-state index in [1.54, 1.807) is 6.92 Å². The van der Waals surface area contributed by atoms with E-state index < -0.39 is 11.7 Å². The lowest BCUT2D eigenvalue weighted by Crippen LogP contribution is -2.08. The molecule has 2 rings (SSSR count). The molecule has 1 saturated carbocycles. The second-order valence-corrected chi connectivity index (χ2v) is 6.18. The van der Waals surface area contributed by atoms with Crippen molar-refractivity contribution in [1.29, 1.82) is 0 Å². The number of aromatic nitrogens is 1. The lowest BCUT2D eigenvalue weighted by atomic mass is 9.99. The molecule has 1 heterocycles. The van der Waals surface area contributed by atoms with Gasteiger partial charge in [0.2, 0.25) is 0 Å². The molecule has 1 aliphatic carbocycles. The molecule has 0 spiro atoms. The van der Waals surface area contributed by atoms with Crippen LogP contribution in [0.3, 0.4) is 0 Å². The zero-order chi connectivity index (χ0) is 15.8. The highest BCUT2D eigenvalue weighted by molar-refractivity contribution is 14.1. The molecule has 21 heavy (non-hydrogen) atoms. The Morgan fingerprint density at radius 1 is 1.33 bits per heavy atom. The third-order valence-electron chi connectivity index (χ3n) is 3.43. The van der Waals surface area contributed by atoms with Gasteiger partial charge in [0.1, 0.15) is 5.76 Å². The Morgan fingerprint density at radius 3 is 2.48 bits per heavy atom. The Hall–Kier alpha value is -1.05. The SMILES string of the molecule is C=C(/C(C)=C/C=C(\C)C(F)(F)F)c1c(I)noc1C1CC1. The molecule has 0 unspecified atom stereocenters. The number of halogens is 4. The largest absolute Gasteiger partial charge is 0.412 e. The van der Waals surface area contributed by atoms with Gasteiger partial charge in [0.25, 0.3) is 0 Å². The predicted molar refractivity (Wildman–Crippen MR) is 83.8 cm³/mol. The number of allylic oxidation sites excluding steroid dienone is 5. The highest BCUT2D eigenvalue weighted by atomic mass is 127. The Bertz CT molecular complexity index is 621. The maximum atomic E-state index is 12.5. The Kier molecular flexibility index (Phi) is 4.65. The molecule has 1 aromatic rings. The summed E-state index contributed by atoms with van der Waals surface area (Å²) in [7, 11) is 0. The van der Waals surface area contributed by atoms with Crippen LogP contribution in [0.5, 0.6) is 0 Å². The van der Waals surface area contributed by atoms with Crippen molar-refractivity contribution in [2.75, 3.05) is 0 Å². The molecule has 0 amide bonds. The number of hydrogen-bond donors (Lipinski definition) is 0. The van der Waals surface area contributed by atoms with Gasteiger partial charge < -0.3 is 4.52 Å². The van der Waals surface area contributed by atoms with Crippen molar-refractivity contribution < 1.29 is 17.7 Å². The van der Waals surface area contributed by atoms with E-state index in [-0.39, 0.29) is 0 Å². The van der Waals surface area contributed by atoms with Gasteiger partial charge in [0, 0.05) is 11.5 Å². The summed E-state index contributed by atoms with van der Waals surface area (Å²) < 4.78 is 43.4. The van der Waals surface area contributed by atoms with Crippen LogP contribution in [0.2, 0.25) is 0 Å². The van der Waals surface area contributed by atoms with Gasteiger partial charge in [0.15, 0.2) is 3.70 Å². The van der Waals surface area contributed by atoms with E-state index >= 15 is 0 Å². The van der Waals surface area contributed by atoms with Gasteiger partial charge in [-0.1, -0.05) is 23.9 Å². The molecule has 0 N–H and O–H groups in total. The Labute approximate surface area is 134 Å². The molecule has 0 aromatic carbocycles. The third kappa shape index (κ3) is 3.78. The van der Waals surface area contributed by atoms with Crippen LogP contribution >= 0.6 is 22.6 Å². The van der Waals surface area contributed by atoms with Crippen molar-refractivity contribution in [3.63, 3.8) is 0 Å². The predicted octanol–water partition coefficient (Wildman–Crippen LogP) is 5.62. The fraction of sp³-hybridized carbons (Fsp3) is 0.400. The lowest BCUT2D eigenvalue weighted by molar-refractivity contribution is -0.0912. The molecule has 0 radical (unpaired) electrons. The fourth-order valence-corrected chi connectivity index (χ4v) is 2.51. The van der Waals surface area contributed by atoms with Gasteiger partial charge in [0.05, 0.1) is 5.56 Å². The summed E-state index contributed by atoms with van der Waals surface area (Å²) >= 11 is 2.06. The molecule has 6 heteroatoms. The molecule has 1 aliphatic rings. The number of alkyl halides is 3. The fourth-order valence-electron chi connectivity index (χ4n) is 1.82. The van der Waals surface area contributed by atoms with E-state index in [0.717, 1.165) is 37.2 Å². The zero-order valence-electron chi connectivity index (χ0n) is 11.7. The zero-order valence-corrected chi connectivity index (χ0v) is 13.9. The third-order valence-corrected chi connectivity index (χ3v) is 4.17. The van der Waals surface area contributed by atoms with Crippen LogP contribution < -0.4 is 0 Å². The molecular weight excluding hydrogens is 394 g/mol. The van der Waals surface area contributed by atoms with Crippen molar-refractivity contribution in [2.45, 2.75) is 38.8 Å². The average Bonchev–Trinajstić information content (AvgIpc) is 3.17. The summed E-state index contributed by atoms with van der Waals surface area (Å²) in [6, 6.07) is 0. The summed E-state index contributed by atoms with van der Waals surface area (Å²) in [6.45, 7) is 6.77. The van der Waals surface area contributed by atoms with Crippen molar-refractivity contribution in [2.24, 2.45) is 0 Å². The summed E-state index contributed by atoms with van der Waals surface area (Å²) in [4.78, 5) is 0. The lowest BCUT2D eigenvalue weighted by Gasteiger charge is -2.07. The first-order chi connectivity index (χ1) is 9.71. The Balaban J connectivity index is 2.26. The maximum absolute atomic E-state index is 12.5. The summed E-state index contributed by atoms with van der Waals surface area (Å²) in [6.07, 6.45) is 0.314. The monoisotopic (exact) mass is 409 g/mol. The highest BCUT2D eigenvalue weighted by Crippen LogP contribution is 2.45. The van der Waals surface area contributed by atoms with E-state index in [2.05, 4.69) is 34.3 Å². The molecule has 1 fully saturated rings. The molecule has 0 atom stereocenters. The molecule has 0 bridgehead atoms. The van der Waals surface area contributed by atoms with Crippen LogP contribution in [0.15, 0.2) is 34.4 Å². The van der Waals surface area contributed by atoms with Gasteiger partial charge >= 0.3 is 6.18 Å². The van der Waals surface area contributed by atoms with E-state index in [4.69, 9.17) is 4.52 Å². The number of rotatable bonds is 4. The van der Waals surface area contributed by atoms with Gasteiger partial charge in [-0.25, -0.2) is 0 Å². The van der Waals surface area contributed by atoms with Crippen LogP contribution in [0.1, 0.15) is 43.9 Å². The molecule has 0 saturated heterocycles. The van der Waals surface area contributed by atoms with Crippen molar-refractivity contribution >= 4 is 28.2 Å². The molecular formula is C15H15F3INO. The minimum Gasteiger partial charge on any atom is -0.359 e. The van der Waals surface area contributed by atoms with Crippen molar-refractivity contribution in [1.82, 2.24) is 5.16 Å². The van der Waals surface area contributed by atoms with E-state index in [0.29, 0.717) is 20.8 Å². The standard InChI is InChI=1S/C15H15F3INO/c1-8(4-5-9(2)15(16,17)18)10(3)12-13(11-6-7-11)21-20-14(12)19/h4-5,11H,3,6-7H2,1-2H3/b8-4+,9-5+. The molecule has 1 aromatic heterocycles. The number of nitrogens with zero attached hydrogens (tertiary/aromatic N) is 1. The molecule has 2 nitrogen and oxygen atoms in total. The molecule has 114 valence electrons. The van der Waals surface area contributed by atoms with E-state index in [1.807, 2.05) is 0 Å². The molecule has 0 aliphatic heterocycles. The summed E-state index contributed by atoms with van der Waals surface area (Å²) in [5.74, 6) is 1.17. The van der Waals surface area contributed by atoms with Crippen LogP contribution in [0, 0.1) is 3.70 Å².